The van der Waals surface area contributed by atoms with E-state index >= 15 is 0 Å². The molecule has 4 aromatic rings. The average molecular weight is 550 g/mol. The van der Waals surface area contributed by atoms with Crippen LogP contribution < -0.4 is 10.1 Å². The van der Waals surface area contributed by atoms with Gasteiger partial charge in [-0.15, -0.1) is 0 Å². The molecule has 11 heteroatoms. The van der Waals surface area contributed by atoms with Crippen molar-refractivity contribution in [2.45, 2.75) is 37.4 Å². The topological polar surface area (TPSA) is 117 Å². The molecule has 1 atom stereocenters. The number of fused-ring (bicyclic) bond motifs is 1. The average Bonchev–Trinajstić information content (AvgIpc) is 3.40. The molecule has 1 saturated heterocycles. The minimum Gasteiger partial charge on any atom is -0.490 e. The summed E-state index contributed by atoms with van der Waals surface area (Å²) in [5.41, 5.74) is 2.62. The first-order chi connectivity index (χ1) is 18.9. The van der Waals surface area contributed by atoms with Crippen molar-refractivity contribution >= 4 is 39.2 Å². The predicted octanol–water partition coefficient (Wildman–Crippen LogP) is 4.51. The summed E-state index contributed by atoms with van der Waals surface area (Å²) in [7, 11) is -2.16. The molecule has 0 radical (unpaired) electrons. The fraction of sp³-hybridized carbons (Fsp3) is 0.321. The first kappa shape index (κ1) is 26.8. The Morgan fingerprint density at radius 3 is 2.72 bits per heavy atom. The van der Waals surface area contributed by atoms with E-state index in [1.165, 1.54) is 10.2 Å². The summed E-state index contributed by atoms with van der Waals surface area (Å²) in [4.78, 5) is 13.4. The first-order valence-corrected chi connectivity index (χ1v) is 14.3. The number of nitrogens with one attached hydrogen (secondary N) is 1. The van der Waals surface area contributed by atoms with Crippen LogP contribution in [-0.4, -0.2) is 60.5 Å². The molecule has 1 N–H and O–H groups in total. The summed E-state index contributed by atoms with van der Waals surface area (Å²) in [6, 6.07) is 10.3. The first-order valence-electron chi connectivity index (χ1n) is 12.8. The number of ether oxygens (including phenoxy) is 3. The molecule has 0 bridgehead atoms. The van der Waals surface area contributed by atoms with Gasteiger partial charge in [-0.1, -0.05) is 23.8 Å². The van der Waals surface area contributed by atoms with Crippen molar-refractivity contribution in [2.24, 2.45) is 0 Å². The molecule has 0 saturated carbocycles. The minimum absolute atomic E-state index is 0.149. The quantitative estimate of drug-likeness (QED) is 0.285. The minimum atomic E-state index is -3.84. The molecule has 1 aromatic carbocycles. The number of aryl methyl sites for hydroxylation is 1. The fourth-order valence-corrected chi connectivity index (χ4v) is 5.53. The number of benzene rings is 1. The summed E-state index contributed by atoms with van der Waals surface area (Å²) in [5, 5.41) is 3.52. The molecule has 3 aromatic heterocycles. The van der Waals surface area contributed by atoms with E-state index in [0.29, 0.717) is 36.0 Å². The standard InChI is InChI=1S/C28H31N5O5S/c1-20-6-9-23(10-7-20)39(34,35)33-13-12-24-25(31-28(29-2)32-27(24)33)11-8-21-17-22(19-30-18-21)36-15-16-38-26-5-3-4-14-37-26/h6-13,17-19,26H,3-5,14-16H2,1-2H3,(H,29,31,32). The van der Waals surface area contributed by atoms with Crippen LogP contribution in [-0.2, 0) is 19.5 Å². The number of hydrogen-bond donors (Lipinski definition) is 1. The SMILES string of the molecule is CNc1nc(C=Cc2cncc(OCCOC3CCCCO3)c2)c2ccn(S(=O)(=O)c3ccc(C)cc3)c2n1. The third kappa shape index (κ3) is 6.27. The maximum Gasteiger partial charge on any atom is 0.269 e. The van der Waals surface area contributed by atoms with Gasteiger partial charge < -0.3 is 19.5 Å². The molecule has 1 fully saturated rings. The number of nitrogens with zero attached hydrogens (tertiary/aromatic N) is 4. The second-order valence-corrected chi connectivity index (χ2v) is 11.0. The molecule has 204 valence electrons. The molecular formula is C28H31N5O5S. The highest BCUT2D eigenvalue weighted by molar-refractivity contribution is 7.90. The van der Waals surface area contributed by atoms with Crippen LogP contribution in [0.1, 0.15) is 36.1 Å². The zero-order valence-corrected chi connectivity index (χ0v) is 22.7. The largest absolute Gasteiger partial charge is 0.490 e. The van der Waals surface area contributed by atoms with Crippen LogP contribution in [0.25, 0.3) is 23.2 Å². The highest BCUT2D eigenvalue weighted by Gasteiger charge is 2.21. The smallest absolute Gasteiger partial charge is 0.269 e. The van der Waals surface area contributed by atoms with Gasteiger partial charge in [0.2, 0.25) is 5.95 Å². The number of pyridine rings is 1. The van der Waals surface area contributed by atoms with Crippen molar-refractivity contribution in [1.29, 1.82) is 0 Å². The molecule has 4 heterocycles. The van der Waals surface area contributed by atoms with Gasteiger partial charge in [-0.3, -0.25) is 4.98 Å². The van der Waals surface area contributed by atoms with Gasteiger partial charge in [0.1, 0.15) is 12.4 Å². The van der Waals surface area contributed by atoms with Crippen molar-refractivity contribution in [3.8, 4) is 5.75 Å². The van der Waals surface area contributed by atoms with Gasteiger partial charge in [-0.25, -0.2) is 17.4 Å². The van der Waals surface area contributed by atoms with E-state index in [0.717, 1.165) is 37.0 Å². The Morgan fingerprint density at radius 1 is 1.10 bits per heavy atom. The van der Waals surface area contributed by atoms with E-state index in [9.17, 15) is 8.42 Å². The molecule has 10 nitrogen and oxygen atoms in total. The van der Waals surface area contributed by atoms with Gasteiger partial charge in [0.25, 0.3) is 10.0 Å². The normalized spacial score (nSPS) is 16.1. The van der Waals surface area contributed by atoms with Crippen LogP contribution in [0, 0.1) is 6.92 Å². The van der Waals surface area contributed by atoms with Crippen molar-refractivity contribution in [2.75, 3.05) is 32.2 Å². The van der Waals surface area contributed by atoms with Crippen molar-refractivity contribution in [3.63, 3.8) is 0 Å². The lowest BCUT2D eigenvalue weighted by molar-refractivity contribution is -0.165. The molecular weight excluding hydrogens is 518 g/mol. The number of aromatic nitrogens is 4. The molecule has 0 spiro atoms. The van der Waals surface area contributed by atoms with E-state index in [1.54, 1.807) is 55.8 Å². The van der Waals surface area contributed by atoms with E-state index in [4.69, 9.17) is 14.2 Å². The number of hydrogen-bond acceptors (Lipinski definition) is 9. The summed E-state index contributed by atoms with van der Waals surface area (Å²) < 4.78 is 45.0. The van der Waals surface area contributed by atoms with Gasteiger partial charge in [0.05, 0.1) is 23.4 Å². The van der Waals surface area contributed by atoms with Crippen LogP contribution in [0.3, 0.4) is 0 Å². The summed E-state index contributed by atoms with van der Waals surface area (Å²) in [6.45, 7) is 3.46. The Bertz CT molecular complexity index is 1560. The van der Waals surface area contributed by atoms with Crippen molar-refractivity contribution < 1.29 is 22.6 Å². The van der Waals surface area contributed by atoms with Crippen LogP contribution in [0.5, 0.6) is 5.75 Å². The number of rotatable bonds is 10. The molecule has 1 aliphatic heterocycles. The molecule has 1 unspecified atom stereocenters. The molecule has 39 heavy (non-hydrogen) atoms. The van der Waals surface area contributed by atoms with Gasteiger partial charge in [-0.2, -0.15) is 4.98 Å². The lowest BCUT2D eigenvalue weighted by Crippen LogP contribution is -2.24. The Hall–Kier alpha value is -3.80. The Labute approximate surface area is 227 Å². The maximum atomic E-state index is 13.4. The molecule has 0 aliphatic carbocycles. The molecule has 1 aliphatic rings. The molecule has 5 rings (SSSR count). The second-order valence-electron chi connectivity index (χ2n) is 9.15. The van der Waals surface area contributed by atoms with Crippen LogP contribution in [0.4, 0.5) is 5.95 Å². The Kier molecular flexibility index (Phi) is 8.20. The van der Waals surface area contributed by atoms with Crippen LogP contribution in [0.2, 0.25) is 0 Å². The zero-order valence-electron chi connectivity index (χ0n) is 21.9. The van der Waals surface area contributed by atoms with Crippen LogP contribution in [0.15, 0.2) is 59.9 Å². The maximum absolute atomic E-state index is 13.4. The second kappa shape index (κ2) is 11.9. The highest BCUT2D eigenvalue weighted by Crippen LogP contribution is 2.26. The Balaban J connectivity index is 1.34. The zero-order chi connectivity index (χ0) is 27.2. The summed E-state index contributed by atoms with van der Waals surface area (Å²) in [6.07, 6.45) is 11.5. The monoisotopic (exact) mass is 549 g/mol. The van der Waals surface area contributed by atoms with Gasteiger partial charge in [0.15, 0.2) is 11.9 Å². The van der Waals surface area contributed by atoms with Gasteiger partial charge >= 0.3 is 0 Å². The predicted molar refractivity (Wildman–Crippen MR) is 149 cm³/mol. The van der Waals surface area contributed by atoms with E-state index in [1.807, 2.05) is 19.1 Å². The lowest BCUT2D eigenvalue weighted by atomic mass is 10.2. The van der Waals surface area contributed by atoms with Gasteiger partial charge in [-0.05, 0) is 62.1 Å². The fourth-order valence-electron chi connectivity index (χ4n) is 4.23. The summed E-state index contributed by atoms with van der Waals surface area (Å²) in [5.74, 6) is 0.919. The van der Waals surface area contributed by atoms with E-state index in [2.05, 4.69) is 20.3 Å². The Morgan fingerprint density at radius 2 is 1.95 bits per heavy atom. The van der Waals surface area contributed by atoms with Gasteiger partial charge in [0, 0.05) is 31.4 Å². The van der Waals surface area contributed by atoms with Crippen molar-refractivity contribution in [3.05, 3.63) is 71.8 Å². The lowest BCUT2D eigenvalue weighted by Gasteiger charge is -2.22. The van der Waals surface area contributed by atoms with E-state index in [-0.39, 0.29) is 16.8 Å². The summed E-state index contributed by atoms with van der Waals surface area (Å²) >= 11 is 0. The third-order valence-electron chi connectivity index (χ3n) is 6.30. The van der Waals surface area contributed by atoms with E-state index < -0.39 is 10.0 Å². The van der Waals surface area contributed by atoms with Crippen molar-refractivity contribution in [1.82, 2.24) is 18.9 Å². The molecule has 0 amide bonds. The third-order valence-corrected chi connectivity index (χ3v) is 7.98. The van der Waals surface area contributed by atoms with Crippen LogP contribution >= 0.6 is 0 Å². The number of anilines is 1. The highest BCUT2D eigenvalue weighted by atomic mass is 32.2.